The number of thiol groups is 1. The van der Waals surface area contributed by atoms with Gasteiger partial charge in [0.05, 0.1) is 23.7 Å². The molecule has 0 aromatic rings. The Hall–Kier alpha value is 0.190. The molecule has 0 unspecified atom stereocenters. The van der Waals surface area contributed by atoms with E-state index in [1.54, 1.807) is 0 Å². The number of aliphatic hydroxyl groups is 3. The van der Waals surface area contributed by atoms with Crippen molar-refractivity contribution in [2.24, 2.45) is 5.92 Å². The van der Waals surface area contributed by atoms with E-state index in [0.29, 0.717) is 19.3 Å². The molecule has 2 fully saturated rings. The molecule has 2 aliphatic rings. The molecule has 1 aliphatic carbocycles. The van der Waals surface area contributed by atoms with Crippen LogP contribution in [0.15, 0.2) is 0 Å². The number of hydrogen-bond acceptors (Lipinski definition) is 5. The lowest BCUT2D eigenvalue weighted by Crippen LogP contribution is -2.50. The molecule has 4 N–H and O–H groups in total. The predicted molar refractivity (Wildman–Crippen MR) is 55.1 cm³/mol. The molecule has 4 nitrogen and oxygen atoms in total. The Bertz CT molecular complexity index is 208. The molecule has 0 aromatic carbocycles. The number of hydrogen-bond donors (Lipinski definition) is 5. The molecule has 82 valence electrons. The van der Waals surface area contributed by atoms with Gasteiger partial charge in [-0.1, -0.05) is 0 Å². The molecule has 0 spiro atoms. The van der Waals surface area contributed by atoms with E-state index < -0.39 is 11.0 Å². The van der Waals surface area contributed by atoms with Gasteiger partial charge in [-0.2, -0.15) is 12.6 Å². The topological polar surface area (TPSA) is 72.7 Å². The van der Waals surface area contributed by atoms with Gasteiger partial charge in [0, 0.05) is 12.0 Å². The number of fused-ring (bicyclic) bond motifs is 1. The van der Waals surface area contributed by atoms with Crippen LogP contribution >= 0.6 is 12.6 Å². The fraction of sp³-hybridized carbons (Fsp3) is 1.00. The fourth-order valence-electron chi connectivity index (χ4n) is 2.60. The zero-order chi connectivity index (χ0) is 10.3. The van der Waals surface area contributed by atoms with Gasteiger partial charge >= 0.3 is 0 Å². The Morgan fingerprint density at radius 2 is 1.93 bits per heavy atom. The number of rotatable bonds is 1. The molecule has 2 rings (SSSR count). The minimum absolute atomic E-state index is 0.0170. The van der Waals surface area contributed by atoms with Crippen LogP contribution in [-0.4, -0.2) is 45.0 Å². The number of nitrogens with one attached hydrogen (secondary N) is 1. The van der Waals surface area contributed by atoms with Crippen LogP contribution in [0.5, 0.6) is 0 Å². The Balaban J connectivity index is 2.13. The van der Waals surface area contributed by atoms with Crippen LogP contribution < -0.4 is 5.32 Å². The van der Waals surface area contributed by atoms with Crippen molar-refractivity contribution in [1.29, 1.82) is 0 Å². The third-order valence-corrected chi connectivity index (χ3v) is 3.85. The van der Waals surface area contributed by atoms with Gasteiger partial charge in [-0.05, 0) is 19.3 Å². The molecular weight excluding hydrogens is 202 g/mol. The Labute approximate surface area is 88.7 Å². The second-order valence-corrected chi connectivity index (χ2v) is 5.30. The molecule has 0 bridgehead atoms. The highest BCUT2D eigenvalue weighted by Gasteiger charge is 2.49. The van der Waals surface area contributed by atoms with Crippen LogP contribution in [0, 0.1) is 5.92 Å². The SMILES string of the molecule is OC[C@]1(S)C[C@H]2[C@H](N1)[C@@H](O)CC[C@@H]2O. The largest absolute Gasteiger partial charge is 0.394 e. The van der Waals surface area contributed by atoms with E-state index in [4.69, 9.17) is 5.11 Å². The molecular formula is C9H17NO3S. The summed E-state index contributed by atoms with van der Waals surface area (Å²) in [5, 5.41) is 31.7. The van der Waals surface area contributed by atoms with Gasteiger partial charge in [-0.25, -0.2) is 0 Å². The summed E-state index contributed by atoms with van der Waals surface area (Å²) in [6.45, 7) is -0.0808. The molecule has 1 aliphatic heterocycles. The molecule has 5 atom stereocenters. The van der Waals surface area contributed by atoms with Gasteiger partial charge < -0.3 is 15.3 Å². The Kier molecular flexibility index (Phi) is 2.79. The Morgan fingerprint density at radius 1 is 1.29 bits per heavy atom. The highest BCUT2D eigenvalue weighted by Crippen LogP contribution is 2.39. The number of aliphatic hydroxyl groups excluding tert-OH is 3. The second-order valence-electron chi connectivity index (χ2n) is 4.44. The smallest absolute Gasteiger partial charge is 0.0857 e. The van der Waals surface area contributed by atoms with Crippen molar-refractivity contribution in [2.45, 2.75) is 42.4 Å². The molecule has 0 aromatic heterocycles. The van der Waals surface area contributed by atoms with Crippen molar-refractivity contribution in [3.63, 3.8) is 0 Å². The minimum atomic E-state index is -0.637. The van der Waals surface area contributed by atoms with Crippen molar-refractivity contribution in [3.05, 3.63) is 0 Å². The average molecular weight is 219 g/mol. The molecule has 1 saturated carbocycles. The Morgan fingerprint density at radius 3 is 2.50 bits per heavy atom. The van der Waals surface area contributed by atoms with E-state index in [1.165, 1.54) is 0 Å². The maximum absolute atomic E-state index is 9.76. The van der Waals surface area contributed by atoms with Gasteiger partial charge in [-0.15, -0.1) is 0 Å². The third-order valence-electron chi connectivity index (χ3n) is 3.40. The van der Waals surface area contributed by atoms with Crippen LogP contribution in [0.3, 0.4) is 0 Å². The van der Waals surface area contributed by atoms with Gasteiger partial charge in [0.15, 0.2) is 0 Å². The molecule has 5 heteroatoms. The first-order valence-corrected chi connectivity index (χ1v) is 5.47. The lowest BCUT2D eigenvalue weighted by Gasteiger charge is -2.33. The lowest BCUT2D eigenvalue weighted by molar-refractivity contribution is -0.00455. The summed E-state index contributed by atoms with van der Waals surface area (Å²) in [5.74, 6) is 0.0170. The maximum Gasteiger partial charge on any atom is 0.0857 e. The summed E-state index contributed by atoms with van der Waals surface area (Å²) >= 11 is 4.33. The van der Waals surface area contributed by atoms with Crippen molar-refractivity contribution < 1.29 is 15.3 Å². The van der Waals surface area contributed by atoms with E-state index >= 15 is 0 Å². The van der Waals surface area contributed by atoms with Crippen molar-refractivity contribution >= 4 is 12.6 Å². The zero-order valence-corrected chi connectivity index (χ0v) is 8.82. The van der Waals surface area contributed by atoms with Gasteiger partial charge in [0.1, 0.15) is 0 Å². The van der Waals surface area contributed by atoms with Gasteiger partial charge in [0.25, 0.3) is 0 Å². The van der Waals surface area contributed by atoms with Crippen LogP contribution in [0.4, 0.5) is 0 Å². The van der Waals surface area contributed by atoms with Crippen LogP contribution in [0.1, 0.15) is 19.3 Å². The summed E-state index contributed by atoms with van der Waals surface area (Å²) in [6, 6.07) is -0.122. The fourth-order valence-corrected chi connectivity index (χ4v) is 2.96. The first-order chi connectivity index (χ1) is 6.56. The summed E-state index contributed by atoms with van der Waals surface area (Å²) in [4.78, 5) is -0.637. The summed E-state index contributed by atoms with van der Waals surface area (Å²) in [7, 11) is 0. The monoisotopic (exact) mass is 219 g/mol. The maximum atomic E-state index is 9.76. The van der Waals surface area contributed by atoms with Gasteiger partial charge in [-0.3, -0.25) is 5.32 Å². The molecule has 14 heavy (non-hydrogen) atoms. The van der Waals surface area contributed by atoms with Crippen molar-refractivity contribution in [3.8, 4) is 0 Å². The van der Waals surface area contributed by atoms with Gasteiger partial charge in [0.2, 0.25) is 0 Å². The second kappa shape index (κ2) is 3.64. The molecule has 0 radical (unpaired) electrons. The van der Waals surface area contributed by atoms with Crippen LogP contribution in [0.25, 0.3) is 0 Å². The highest BCUT2D eigenvalue weighted by molar-refractivity contribution is 7.81. The molecule has 0 amide bonds. The summed E-state index contributed by atoms with van der Waals surface area (Å²) in [5.41, 5.74) is 0. The van der Waals surface area contributed by atoms with Crippen molar-refractivity contribution in [2.75, 3.05) is 6.61 Å². The van der Waals surface area contributed by atoms with Crippen LogP contribution in [-0.2, 0) is 0 Å². The van der Waals surface area contributed by atoms with E-state index in [9.17, 15) is 10.2 Å². The normalized spacial score (nSPS) is 53.1. The molecule has 1 heterocycles. The summed E-state index contributed by atoms with van der Waals surface area (Å²) < 4.78 is 0. The first kappa shape index (κ1) is 10.7. The zero-order valence-electron chi connectivity index (χ0n) is 7.93. The van der Waals surface area contributed by atoms with E-state index in [0.717, 1.165) is 0 Å². The predicted octanol–water partition coefficient (Wildman–Crippen LogP) is -0.902. The van der Waals surface area contributed by atoms with E-state index in [-0.39, 0.29) is 24.7 Å². The highest BCUT2D eigenvalue weighted by atomic mass is 32.1. The minimum Gasteiger partial charge on any atom is -0.394 e. The lowest BCUT2D eigenvalue weighted by atomic mass is 9.81. The molecule has 1 saturated heterocycles. The first-order valence-electron chi connectivity index (χ1n) is 5.03. The van der Waals surface area contributed by atoms with Crippen molar-refractivity contribution in [1.82, 2.24) is 5.32 Å². The standard InChI is InChI=1S/C9H17NO3S/c11-4-9(14)3-5-6(12)1-2-7(13)8(5)10-9/h5-8,10-14H,1-4H2/t5-,6+,7+,8+,9-/m1/s1. The summed E-state index contributed by atoms with van der Waals surface area (Å²) in [6.07, 6.45) is 1.06. The third kappa shape index (κ3) is 1.67. The van der Waals surface area contributed by atoms with E-state index in [1.807, 2.05) is 0 Å². The van der Waals surface area contributed by atoms with E-state index in [2.05, 4.69) is 17.9 Å². The quantitative estimate of drug-likeness (QED) is 0.371. The van der Waals surface area contributed by atoms with Crippen LogP contribution in [0.2, 0.25) is 0 Å². The average Bonchev–Trinajstić information content (AvgIpc) is 2.52.